The second-order valence-corrected chi connectivity index (χ2v) is 10.2. The van der Waals surface area contributed by atoms with Crippen molar-refractivity contribution < 1.29 is 13.5 Å². The Balaban J connectivity index is 0.000000398. The molecule has 1 aromatic carbocycles. The molecule has 0 atom stereocenters. The normalized spacial score (nSPS) is 13.2. The lowest BCUT2D eigenvalue weighted by molar-refractivity contribution is 0.229. The zero-order chi connectivity index (χ0) is 25.7. The number of rotatable bonds is 6. The Morgan fingerprint density at radius 1 is 1.06 bits per heavy atom. The second-order valence-electron chi connectivity index (χ2n) is 8.90. The molecule has 2 heterocycles. The largest absolute Gasteiger partial charge is 0.497 e. The molecule has 0 radical (unpaired) electrons. The molecule has 0 spiro atoms. The molecule has 1 saturated heterocycles. The Kier molecular flexibility index (Phi) is 14.0. The molecule has 0 amide bonds. The van der Waals surface area contributed by atoms with E-state index in [9.17, 15) is 8.78 Å². The fourth-order valence-electron chi connectivity index (χ4n) is 3.68. The Morgan fingerprint density at radius 2 is 1.62 bits per heavy atom. The van der Waals surface area contributed by atoms with Gasteiger partial charge in [0.1, 0.15) is 17.4 Å². The molecule has 0 aliphatic carbocycles. The average Bonchev–Trinajstić information content (AvgIpc) is 3.14. The van der Waals surface area contributed by atoms with Crippen molar-refractivity contribution in [3.8, 4) is 5.75 Å². The van der Waals surface area contributed by atoms with Crippen LogP contribution in [0.15, 0.2) is 30.4 Å². The number of aryl methyl sites for hydroxylation is 1. The molecular weight excluding hydrogens is 448 g/mol. The highest BCUT2D eigenvalue weighted by atomic mass is 32.1. The summed E-state index contributed by atoms with van der Waals surface area (Å²) in [6, 6.07) is 4.25. The number of hydrogen-bond acceptors (Lipinski definition) is 3. The van der Waals surface area contributed by atoms with Crippen LogP contribution in [0.2, 0.25) is 0 Å². The van der Waals surface area contributed by atoms with Gasteiger partial charge in [-0.15, -0.1) is 11.3 Å². The quantitative estimate of drug-likeness (QED) is 0.399. The van der Waals surface area contributed by atoms with Gasteiger partial charge in [-0.05, 0) is 76.9 Å². The van der Waals surface area contributed by atoms with Gasteiger partial charge < -0.3 is 9.64 Å². The summed E-state index contributed by atoms with van der Waals surface area (Å²) in [5.41, 5.74) is 2.46. The van der Waals surface area contributed by atoms with Crippen LogP contribution in [0.1, 0.15) is 87.6 Å². The molecule has 0 bridgehead atoms. The van der Waals surface area contributed by atoms with Crippen LogP contribution in [0.3, 0.4) is 0 Å². The lowest BCUT2D eigenvalue weighted by atomic mass is 10.0. The number of thiophene rings is 1. The van der Waals surface area contributed by atoms with Crippen molar-refractivity contribution in [1.29, 1.82) is 0 Å². The molecule has 34 heavy (non-hydrogen) atoms. The highest BCUT2D eigenvalue weighted by Gasteiger charge is 2.18. The van der Waals surface area contributed by atoms with Crippen molar-refractivity contribution in [2.45, 2.75) is 73.6 Å². The van der Waals surface area contributed by atoms with Crippen LogP contribution in [0.4, 0.5) is 8.78 Å². The van der Waals surface area contributed by atoms with Gasteiger partial charge in [-0.2, -0.15) is 0 Å². The summed E-state index contributed by atoms with van der Waals surface area (Å²) in [6.45, 7) is 20.4. The van der Waals surface area contributed by atoms with Crippen molar-refractivity contribution in [3.05, 3.63) is 62.9 Å². The number of benzene rings is 1. The molecule has 190 valence electrons. The second kappa shape index (κ2) is 15.8. The first-order chi connectivity index (χ1) is 16.2. The molecule has 0 N–H and O–H groups in total. The molecule has 2 nitrogen and oxygen atoms in total. The molecule has 2 aromatic rings. The molecule has 0 unspecified atom stereocenters. The smallest absolute Gasteiger partial charge is 0.137 e. The van der Waals surface area contributed by atoms with E-state index in [4.69, 9.17) is 4.74 Å². The fraction of sp³-hybridized carbons (Fsp3) is 0.517. The number of nitrogens with zero attached hydrogens (tertiary/aromatic N) is 1. The van der Waals surface area contributed by atoms with Crippen molar-refractivity contribution in [2.24, 2.45) is 0 Å². The van der Waals surface area contributed by atoms with E-state index < -0.39 is 11.6 Å². The van der Waals surface area contributed by atoms with Crippen LogP contribution >= 0.6 is 11.3 Å². The number of likely N-dealkylation sites (tertiary alicyclic amines) is 1. The number of allylic oxidation sites excluding steroid dienone is 1. The topological polar surface area (TPSA) is 12.5 Å². The molecule has 3 rings (SSSR count). The van der Waals surface area contributed by atoms with E-state index in [1.54, 1.807) is 0 Å². The Bertz CT molecular complexity index is 896. The molecular formula is C29H43F2NOS. The van der Waals surface area contributed by atoms with E-state index in [1.165, 1.54) is 87.9 Å². The van der Waals surface area contributed by atoms with Crippen LogP contribution in [-0.2, 0) is 0 Å². The summed E-state index contributed by atoms with van der Waals surface area (Å²) in [6.07, 6.45) is 8.93. The van der Waals surface area contributed by atoms with Crippen LogP contribution in [0, 0.1) is 18.6 Å². The third kappa shape index (κ3) is 9.71. The fourth-order valence-corrected chi connectivity index (χ4v) is 4.65. The van der Waals surface area contributed by atoms with Crippen LogP contribution in [0.25, 0.3) is 11.6 Å². The predicted octanol–water partition coefficient (Wildman–Crippen LogP) is 9.13. The molecule has 1 aliphatic rings. The van der Waals surface area contributed by atoms with Gasteiger partial charge in [0.15, 0.2) is 0 Å². The van der Waals surface area contributed by atoms with Gasteiger partial charge in [-0.3, -0.25) is 0 Å². The van der Waals surface area contributed by atoms with Gasteiger partial charge in [0.2, 0.25) is 0 Å². The third-order valence-electron chi connectivity index (χ3n) is 5.24. The van der Waals surface area contributed by atoms with Crippen molar-refractivity contribution in [3.63, 3.8) is 0 Å². The maximum atomic E-state index is 14.2. The summed E-state index contributed by atoms with van der Waals surface area (Å²) in [5.74, 6) is -1.19. The molecule has 1 aliphatic heterocycles. The number of piperidine rings is 1. The van der Waals surface area contributed by atoms with E-state index >= 15 is 0 Å². The Hall–Kier alpha value is -1.98. The maximum Gasteiger partial charge on any atom is 0.137 e. The lowest BCUT2D eigenvalue weighted by Gasteiger charge is -2.25. The minimum absolute atomic E-state index is 0.106. The van der Waals surface area contributed by atoms with Gasteiger partial charge in [-0.1, -0.05) is 51.8 Å². The lowest BCUT2D eigenvalue weighted by Crippen LogP contribution is -2.30. The Morgan fingerprint density at radius 3 is 2.09 bits per heavy atom. The summed E-state index contributed by atoms with van der Waals surface area (Å²) < 4.78 is 33.2. The highest BCUT2D eigenvalue weighted by molar-refractivity contribution is 7.13. The summed E-state index contributed by atoms with van der Waals surface area (Å²) in [7, 11) is 1.37. The average molecular weight is 492 g/mol. The minimum atomic E-state index is -0.670. The zero-order valence-electron chi connectivity index (χ0n) is 22.2. The van der Waals surface area contributed by atoms with E-state index in [1.807, 2.05) is 32.9 Å². The van der Waals surface area contributed by atoms with E-state index in [0.717, 1.165) is 15.3 Å². The van der Waals surface area contributed by atoms with Crippen molar-refractivity contribution in [1.82, 2.24) is 4.90 Å². The van der Waals surface area contributed by atoms with Gasteiger partial charge in [-0.25, -0.2) is 8.78 Å². The number of ether oxygens (including phenoxy) is 1. The summed E-state index contributed by atoms with van der Waals surface area (Å²) >= 11 is 1.48. The van der Waals surface area contributed by atoms with E-state index in [2.05, 4.69) is 32.3 Å². The number of hydrogen-bond donors (Lipinski definition) is 0. The van der Waals surface area contributed by atoms with Gasteiger partial charge >= 0.3 is 0 Å². The zero-order valence-corrected chi connectivity index (χ0v) is 23.0. The predicted molar refractivity (Wildman–Crippen MR) is 146 cm³/mol. The van der Waals surface area contributed by atoms with E-state index in [0.29, 0.717) is 5.57 Å². The van der Waals surface area contributed by atoms with Crippen LogP contribution in [0.5, 0.6) is 5.75 Å². The standard InChI is InChI=1S/C18H18F2OS.C8H17N.C3H8/c1-10(2)6-13-7-17(22-12(13)4)11(3)18-15(19)8-14(21-5)9-16(18)20;1-2-6-9-7-4-3-5-8-9;1-3-2/h6-9H,3H2,1-2,4-5H3;2-8H2,1H3;3H2,1-2H3. The minimum Gasteiger partial charge on any atom is -0.497 e. The number of methoxy groups -OCH3 is 1. The first kappa shape index (κ1) is 30.1. The van der Waals surface area contributed by atoms with Crippen molar-refractivity contribution >= 4 is 23.0 Å². The molecule has 1 aromatic heterocycles. The molecule has 1 fully saturated rings. The highest BCUT2D eigenvalue weighted by Crippen LogP contribution is 2.35. The van der Waals surface area contributed by atoms with Gasteiger partial charge in [0.25, 0.3) is 0 Å². The van der Waals surface area contributed by atoms with Gasteiger partial charge in [0.05, 0.1) is 12.7 Å². The maximum absolute atomic E-state index is 14.2. The number of halogens is 2. The van der Waals surface area contributed by atoms with Crippen LogP contribution in [-0.4, -0.2) is 31.6 Å². The molecule has 5 heteroatoms. The summed E-state index contributed by atoms with van der Waals surface area (Å²) in [4.78, 5) is 4.42. The Labute approximate surface area is 210 Å². The first-order valence-corrected chi connectivity index (χ1v) is 13.2. The van der Waals surface area contributed by atoms with Crippen molar-refractivity contribution in [2.75, 3.05) is 26.7 Å². The van der Waals surface area contributed by atoms with Crippen LogP contribution < -0.4 is 4.74 Å². The van der Waals surface area contributed by atoms with E-state index in [-0.39, 0.29) is 11.3 Å². The monoisotopic (exact) mass is 491 g/mol. The molecule has 0 saturated carbocycles. The third-order valence-corrected chi connectivity index (χ3v) is 6.37. The SMILES string of the molecule is C=C(c1cc(C=C(C)C)c(C)s1)c1c(F)cc(OC)cc1F.CCC.CCCN1CCCCC1. The summed E-state index contributed by atoms with van der Waals surface area (Å²) in [5, 5.41) is 0. The van der Waals surface area contributed by atoms with Gasteiger partial charge in [0, 0.05) is 21.9 Å². The first-order valence-electron chi connectivity index (χ1n) is 12.4.